The summed E-state index contributed by atoms with van der Waals surface area (Å²) in [5.41, 5.74) is 2.75. The summed E-state index contributed by atoms with van der Waals surface area (Å²) in [6.45, 7) is 4.36. The van der Waals surface area contributed by atoms with Crippen LogP contribution in [0.4, 0.5) is 0 Å². The molecule has 2 heteroatoms. The highest BCUT2D eigenvalue weighted by Gasteiger charge is 2.48. The van der Waals surface area contributed by atoms with Crippen LogP contribution in [0.3, 0.4) is 0 Å². The molecule has 1 aromatic carbocycles. The van der Waals surface area contributed by atoms with Gasteiger partial charge in [0, 0.05) is 0 Å². The summed E-state index contributed by atoms with van der Waals surface area (Å²) >= 11 is 0. The van der Waals surface area contributed by atoms with E-state index in [1.54, 1.807) is 6.07 Å². The third-order valence-electron chi connectivity index (χ3n) is 5.78. The maximum atomic E-state index is 10.2. The maximum Gasteiger partial charge on any atom is 0.115 e. The SMILES string of the molecule is Cc1cc(O)ccc1C1CC[C@@]2(C)[C@@H](CC[C@@H]2O)C1. The van der Waals surface area contributed by atoms with E-state index in [-0.39, 0.29) is 11.5 Å². The number of fused-ring (bicyclic) bond motifs is 1. The van der Waals surface area contributed by atoms with Gasteiger partial charge in [-0.05, 0) is 79.5 Å². The van der Waals surface area contributed by atoms with Crippen molar-refractivity contribution in [3.05, 3.63) is 29.3 Å². The monoisotopic (exact) mass is 260 g/mol. The van der Waals surface area contributed by atoms with Crippen LogP contribution in [0.2, 0.25) is 0 Å². The van der Waals surface area contributed by atoms with E-state index in [0.29, 0.717) is 17.6 Å². The Morgan fingerprint density at radius 3 is 2.74 bits per heavy atom. The van der Waals surface area contributed by atoms with Crippen LogP contribution in [0.5, 0.6) is 5.75 Å². The number of hydrogen-bond donors (Lipinski definition) is 2. The highest BCUT2D eigenvalue weighted by Crippen LogP contribution is 2.55. The van der Waals surface area contributed by atoms with Crippen LogP contribution in [-0.4, -0.2) is 16.3 Å². The summed E-state index contributed by atoms with van der Waals surface area (Å²) < 4.78 is 0. The van der Waals surface area contributed by atoms with Gasteiger partial charge in [-0.1, -0.05) is 13.0 Å². The van der Waals surface area contributed by atoms with Crippen molar-refractivity contribution in [2.75, 3.05) is 0 Å². The van der Waals surface area contributed by atoms with Gasteiger partial charge in [0.15, 0.2) is 0 Å². The normalized spacial score (nSPS) is 38.2. The molecule has 0 amide bonds. The summed E-state index contributed by atoms with van der Waals surface area (Å²) in [7, 11) is 0. The molecule has 0 bridgehead atoms. The predicted octanol–water partition coefficient (Wildman–Crippen LogP) is 3.75. The number of aliphatic hydroxyl groups excluding tert-OH is 1. The van der Waals surface area contributed by atoms with Crippen LogP contribution >= 0.6 is 0 Å². The third-order valence-corrected chi connectivity index (χ3v) is 5.78. The zero-order chi connectivity index (χ0) is 13.6. The van der Waals surface area contributed by atoms with Gasteiger partial charge in [0.1, 0.15) is 5.75 Å². The second kappa shape index (κ2) is 4.52. The molecule has 0 saturated heterocycles. The van der Waals surface area contributed by atoms with Crippen molar-refractivity contribution < 1.29 is 10.2 Å². The summed E-state index contributed by atoms with van der Waals surface area (Å²) in [5.74, 6) is 1.62. The second-order valence-electron chi connectivity index (χ2n) is 6.81. The molecule has 0 spiro atoms. The van der Waals surface area contributed by atoms with Gasteiger partial charge in [-0.25, -0.2) is 0 Å². The van der Waals surface area contributed by atoms with Crippen molar-refractivity contribution in [2.45, 2.75) is 58.0 Å². The number of aromatic hydroxyl groups is 1. The van der Waals surface area contributed by atoms with E-state index in [0.717, 1.165) is 19.3 Å². The Bertz CT molecular complexity index is 482. The molecular weight excluding hydrogens is 236 g/mol. The minimum absolute atomic E-state index is 0.0978. The topological polar surface area (TPSA) is 40.5 Å². The Morgan fingerprint density at radius 2 is 2.00 bits per heavy atom. The Labute approximate surface area is 115 Å². The average molecular weight is 260 g/mol. The molecule has 0 aliphatic heterocycles. The first-order valence-corrected chi connectivity index (χ1v) is 7.48. The predicted molar refractivity (Wildman–Crippen MR) is 76.3 cm³/mol. The van der Waals surface area contributed by atoms with Crippen LogP contribution in [-0.2, 0) is 0 Å². The molecule has 2 nitrogen and oxygen atoms in total. The second-order valence-corrected chi connectivity index (χ2v) is 6.81. The molecule has 4 atom stereocenters. The summed E-state index contributed by atoms with van der Waals surface area (Å²) in [5, 5.41) is 19.7. The molecular formula is C17H24O2. The van der Waals surface area contributed by atoms with E-state index in [9.17, 15) is 10.2 Å². The smallest absolute Gasteiger partial charge is 0.115 e. The van der Waals surface area contributed by atoms with E-state index < -0.39 is 0 Å². The molecule has 19 heavy (non-hydrogen) atoms. The Balaban J connectivity index is 1.82. The van der Waals surface area contributed by atoms with Crippen LogP contribution in [0.15, 0.2) is 18.2 Å². The van der Waals surface area contributed by atoms with Crippen LogP contribution < -0.4 is 0 Å². The quantitative estimate of drug-likeness (QED) is 0.807. The fourth-order valence-electron chi connectivity index (χ4n) is 4.40. The van der Waals surface area contributed by atoms with Crippen molar-refractivity contribution in [2.24, 2.45) is 11.3 Å². The summed E-state index contributed by atoms with van der Waals surface area (Å²) in [6.07, 6.45) is 5.53. The first kappa shape index (κ1) is 13.0. The minimum atomic E-state index is -0.0978. The fourth-order valence-corrected chi connectivity index (χ4v) is 4.40. The van der Waals surface area contributed by atoms with Gasteiger partial charge in [0.2, 0.25) is 0 Å². The van der Waals surface area contributed by atoms with E-state index in [2.05, 4.69) is 19.9 Å². The molecule has 2 N–H and O–H groups in total. The van der Waals surface area contributed by atoms with Crippen LogP contribution in [0.25, 0.3) is 0 Å². The number of phenols is 1. The van der Waals surface area contributed by atoms with Crippen molar-refractivity contribution in [3.8, 4) is 5.75 Å². The van der Waals surface area contributed by atoms with Crippen molar-refractivity contribution in [3.63, 3.8) is 0 Å². The van der Waals surface area contributed by atoms with Crippen LogP contribution in [0.1, 0.15) is 56.1 Å². The number of aryl methyl sites for hydroxylation is 1. The molecule has 0 radical (unpaired) electrons. The molecule has 1 aromatic rings. The first-order valence-electron chi connectivity index (χ1n) is 7.48. The number of phenolic OH excluding ortho intramolecular Hbond substituents is 1. The molecule has 104 valence electrons. The number of aliphatic hydroxyl groups is 1. The van der Waals surface area contributed by atoms with Gasteiger partial charge in [-0.2, -0.15) is 0 Å². The van der Waals surface area contributed by atoms with E-state index in [4.69, 9.17) is 0 Å². The Hall–Kier alpha value is -1.02. The molecule has 2 aliphatic carbocycles. The molecule has 0 heterocycles. The average Bonchev–Trinajstić information content (AvgIpc) is 2.66. The molecule has 3 rings (SSSR count). The standard InChI is InChI=1S/C17H24O2/c1-11-9-14(18)4-5-15(11)12-7-8-17(2)13(10-12)3-6-16(17)19/h4-5,9,12-13,16,18-19H,3,6-8,10H2,1-2H3/t12?,13-,16-,17-/m0/s1. The van der Waals surface area contributed by atoms with E-state index >= 15 is 0 Å². The van der Waals surface area contributed by atoms with Gasteiger partial charge in [0.25, 0.3) is 0 Å². The summed E-state index contributed by atoms with van der Waals surface area (Å²) in [4.78, 5) is 0. The highest BCUT2D eigenvalue weighted by molar-refractivity contribution is 5.36. The number of benzene rings is 1. The van der Waals surface area contributed by atoms with Crippen molar-refractivity contribution in [1.82, 2.24) is 0 Å². The van der Waals surface area contributed by atoms with Gasteiger partial charge in [-0.15, -0.1) is 0 Å². The lowest BCUT2D eigenvalue weighted by atomic mass is 9.64. The molecule has 0 aromatic heterocycles. The minimum Gasteiger partial charge on any atom is -0.508 e. The van der Waals surface area contributed by atoms with Gasteiger partial charge in [-0.3, -0.25) is 0 Å². The van der Waals surface area contributed by atoms with E-state index in [1.807, 2.05) is 6.07 Å². The van der Waals surface area contributed by atoms with Crippen LogP contribution in [0, 0.1) is 18.3 Å². The Kier molecular flexibility index (Phi) is 3.09. The number of hydrogen-bond acceptors (Lipinski definition) is 2. The fraction of sp³-hybridized carbons (Fsp3) is 0.647. The lowest BCUT2D eigenvalue weighted by Gasteiger charge is -2.42. The third kappa shape index (κ3) is 2.06. The lowest BCUT2D eigenvalue weighted by Crippen LogP contribution is -2.37. The maximum absolute atomic E-state index is 10.2. The van der Waals surface area contributed by atoms with E-state index in [1.165, 1.54) is 24.0 Å². The first-order chi connectivity index (χ1) is 9.00. The van der Waals surface area contributed by atoms with Crippen molar-refractivity contribution >= 4 is 0 Å². The summed E-state index contributed by atoms with van der Waals surface area (Å²) in [6, 6.07) is 5.76. The molecule has 1 unspecified atom stereocenters. The molecule has 2 saturated carbocycles. The zero-order valence-corrected chi connectivity index (χ0v) is 11.9. The van der Waals surface area contributed by atoms with Gasteiger partial charge in [0.05, 0.1) is 6.10 Å². The molecule has 2 fully saturated rings. The lowest BCUT2D eigenvalue weighted by molar-refractivity contribution is 0.00867. The largest absolute Gasteiger partial charge is 0.508 e. The molecule has 2 aliphatic rings. The Morgan fingerprint density at radius 1 is 1.21 bits per heavy atom. The van der Waals surface area contributed by atoms with Gasteiger partial charge < -0.3 is 10.2 Å². The van der Waals surface area contributed by atoms with Crippen molar-refractivity contribution in [1.29, 1.82) is 0 Å². The highest BCUT2D eigenvalue weighted by atomic mass is 16.3. The zero-order valence-electron chi connectivity index (χ0n) is 11.9. The van der Waals surface area contributed by atoms with Gasteiger partial charge >= 0.3 is 0 Å². The number of rotatable bonds is 1.